The molecule has 1 aromatic rings. The van der Waals surface area contributed by atoms with Crippen LogP contribution in [-0.2, 0) is 11.3 Å². The van der Waals surface area contributed by atoms with Gasteiger partial charge in [0.2, 0.25) is 0 Å². The molecule has 0 aromatic carbocycles. The molecule has 92 valence electrons. The molecule has 0 unspecified atom stereocenters. The predicted molar refractivity (Wildman–Crippen MR) is 65.1 cm³/mol. The maximum absolute atomic E-state index is 5.83. The molecule has 0 aliphatic heterocycles. The van der Waals surface area contributed by atoms with E-state index in [0.29, 0.717) is 5.92 Å². The molecule has 0 aliphatic carbocycles. The van der Waals surface area contributed by atoms with Gasteiger partial charge < -0.3 is 15.0 Å². The molecule has 1 rings (SSSR count). The highest BCUT2D eigenvalue weighted by Crippen LogP contribution is 2.08. The molecule has 0 spiro atoms. The van der Waals surface area contributed by atoms with Crippen molar-refractivity contribution in [3.05, 3.63) is 18.2 Å². The third-order valence-electron chi connectivity index (χ3n) is 2.53. The SMILES string of the molecule is CC(C)CCOCCn1cncc1[C@@H](C)N. The average molecular weight is 225 g/mol. The molecular weight excluding hydrogens is 202 g/mol. The van der Waals surface area contributed by atoms with Crippen LogP contribution in [0.15, 0.2) is 12.5 Å². The fourth-order valence-corrected chi connectivity index (χ4v) is 1.48. The largest absolute Gasteiger partial charge is 0.380 e. The molecule has 0 fully saturated rings. The Balaban J connectivity index is 2.24. The Morgan fingerprint density at radius 1 is 1.38 bits per heavy atom. The van der Waals surface area contributed by atoms with Gasteiger partial charge in [0.25, 0.3) is 0 Å². The van der Waals surface area contributed by atoms with E-state index < -0.39 is 0 Å². The lowest BCUT2D eigenvalue weighted by Gasteiger charge is -2.11. The number of nitrogens with two attached hydrogens (primary N) is 1. The van der Waals surface area contributed by atoms with E-state index >= 15 is 0 Å². The van der Waals surface area contributed by atoms with Crippen LogP contribution >= 0.6 is 0 Å². The quantitative estimate of drug-likeness (QED) is 0.722. The molecule has 4 nitrogen and oxygen atoms in total. The van der Waals surface area contributed by atoms with E-state index in [-0.39, 0.29) is 6.04 Å². The van der Waals surface area contributed by atoms with Gasteiger partial charge in [0.05, 0.1) is 18.6 Å². The van der Waals surface area contributed by atoms with Crippen LogP contribution in [0.5, 0.6) is 0 Å². The van der Waals surface area contributed by atoms with Crippen molar-refractivity contribution in [2.24, 2.45) is 11.7 Å². The minimum atomic E-state index is 0.0261. The standard InChI is InChI=1S/C12H23N3O/c1-10(2)4-6-16-7-5-15-9-14-8-12(15)11(3)13/h8-11H,4-7,13H2,1-3H3/t11-/m1/s1. The Morgan fingerprint density at radius 2 is 2.12 bits per heavy atom. The van der Waals surface area contributed by atoms with Crippen LogP contribution in [0.3, 0.4) is 0 Å². The number of hydrogen-bond donors (Lipinski definition) is 1. The molecule has 0 saturated heterocycles. The molecule has 0 radical (unpaired) electrons. The van der Waals surface area contributed by atoms with Gasteiger partial charge in [-0.05, 0) is 19.3 Å². The van der Waals surface area contributed by atoms with E-state index in [4.69, 9.17) is 10.5 Å². The number of hydrogen-bond acceptors (Lipinski definition) is 3. The van der Waals surface area contributed by atoms with Crippen molar-refractivity contribution < 1.29 is 4.74 Å². The molecule has 1 atom stereocenters. The zero-order valence-corrected chi connectivity index (χ0v) is 10.5. The first kappa shape index (κ1) is 13.2. The Bertz CT molecular complexity index is 294. The fraction of sp³-hybridized carbons (Fsp3) is 0.750. The van der Waals surface area contributed by atoms with Crippen LogP contribution in [0.1, 0.15) is 38.9 Å². The molecule has 0 amide bonds. The summed E-state index contributed by atoms with van der Waals surface area (Å²) in [6.07, 6.45) is 4.74. The van der Waals surface area contributed by atoms with E-state index in [2.05, 4.69) is 23.4 Å². The number of rotatable bonds is 7. The predicted octanol–water partition coefficient (Wildman–Crippen LogP) is 1.97. The monoisotopic (exact) mass is 225 g/mol. The molecule has 4 heteroatoms. The first-order valence-electron chi connectivity index (χ1n) is 5.94. The molecule has 0 bridgehead atoms. The highest BCUT2D eigenvalue weighted by Gasteiger charge is 2.05. The molecule has 2 N–H and O–H groups in total. The van der Waals surface area contributed by atoms with E-state index in [1.54, 1.807) is 0 Å². The first-order chi connectivity index (χ1) is 7.61. The maximum atomic E-state index is 5.83. The summed E-state index contributed by atoms with van der Waals surface area (Å²) in [5.74, 6) is 0.702. The van der Waals surface area contributed by atoms with Crippen LogP contribution < -0.4 is 5.73 Å². The van der Waals surface area contributed by atoms with Crippen LogP contribution in [0.25, 0.3) is 0 Å². The topological polar surface area (TPSA) is 53.1 Å². The number of imidazole rings is 1. The summed E-state index contributed by atoms with van der Waals surface area (Å²) in [6, 6.07) is 0.0261. The van der Waals surface area contributed by atoms with Crippen molar-refractivity contribution in [1.29, 1.82) is 0 Å². The summed E-state index contributed by atoms with van der Waals surface area (Å²) in [7, 11) is 0. The van der Waals surface area contributed by atoms with Gasteiger partial charge in [0.15, 0.2) is 0 Å². The van der Waals surface area contributed by atoms with Crippen molar-refractivity contribution in [2.75, 3.05) is 13.2 Å². The van der Waals surface area contributed by atoms with Gasteiger partial charge in [0.1, 0.15) is 0 Å². The Kier molecular flexibility index (Phi) is 5.49. The zero-order valence-electron chi connectivity index (χ0n) is 10.5. The van der Waals surface area contributed by atoms with Crippen molar-refractivity contribution in [3.63, 3.8) is 0 Å². The van der Waals surface area contributed by atoms with Crippen LogP contribution in [-0.4, -0.2) is 22.8 Å². The normalized spacial score (nSPS) is 13.3. The minimum absolute atomic E-state index is 0.0261. The molecule has 0 aliphatic rings. The average Bonchev–Trinajstić information content (AvgIpc) is 2.65. The number of nitrogens with zero attached hydrogens (tertiary/aromatic N) is 2. The van der Waals surface area contributed by atoms with Gasteiger partial charge in [-0.1, -0.05) is 13.8 Å². The highest BCUT2D eigenvalue weighted by atomic mass is 16.5. The van der Waals surface area contributed by atoms with Gasteiger partial charge in [-0.3, -0.25) is 0 Å². The Morgan fingerprint density at radius 3 is 2.75 bits per heavy atom. The Labute approximate surface area is 97.8 Å². The molecule has 1 heterocycles. The maximum Gasteiger partial charge on any atom is 0.0949 e. The summed E-state index contributed by atoms with van der Waals surface area (Å²) in [6.45, 7) is 8.76. The summed E-state index contributed by atoms with van der Waals surface area (Å²) in [4.78, 5) is 4.10. The fourth-order valence-electron chi connectivity index (χ4n) is 1.48. The molecule has 16 heavy (non-hydrogen) atoms. The second-order valence-corrected chi connectivity index (χ2v) is 4.60. The van der Waals surface area contributed by atoms with Crippen LogP contribution in [0, 0.1) is 5.92 Å². The van der Waals surface area contributed by atoms with E-state index in [9.17, 15) is 0 Å². The van der Waals surface area contributed by atoms with Crippen molar-refractivity contribution in [2.45, 2.75) is 39.8 Å². The third-order valence-corrected chi connectivity index (χ3v) is 2.53. The summed E-state index contributed by atoms with van der Waals surface area (Å²) in [5.41, 5.74) is 6.89. The lowest BCUT2D eigenvalue weighted by Crippen LogP contribution is -2.14. The van der Waals surface area contributed by atoms with Gasteiger partial charge in [-0.2, -0.15) is 0 Å². The summed E-state index contributed by atoms with van der Waals surface area (Å²) in [5, 5.41) is 0. The van der Waals surface area contributed by atoms with Crippen LogP contribution in [0.4, 0.5) is 0 Å². The van der Waals surface area contributed by atoms with E-state index in [0.717, 1.165) is 31.9 Å². The summed E-state index contributed by atoms with van der Waals surface area (Å²) >= 11 is 0. The van der Waals surface area contributed by atoms with Crippen molar-refractivity contribution >= 4 is 0 Å². The zero-order chi connectivity index (χ0) is 12.0. The third kappa shape index (κ3) is 4.33. The van der Waals surface area contributed by atoms with Crippen molar-refractivity contribution in [3.8, 4) is 0 Å². The van der Waals surface area contributed by atoms with E-state index in [1.807, 2.05) is 19.4 Å². The Hall–Kier alpha value is -0.870. The lowest BCUT2D eigenvalue weighted by molar-refractivity contribution is 0.115. The van der Waals surface area contributed by atoms with Gasteiger partial charge in [0, 0.05) is 25.4 Å². The highest BCUT2D eigenvalue weighted by molar-refractivity contribution is 5.02. The van der Waals surface area contributed by atoms with Gasteiger partial charge in [-0.25, -0.2) is 4.98 Å². The smallest absolute Gasteiger partial charge is 0.0949 e. The second kappa shape index (κ2) is 6.66. The van der Waals surface area contributed by atoms with Gasteiger partial charge in [-0.15, -0.1) is 0 Å². The second-order valence-electron chi connectivity index (χ2n) is 4.60. The summed E-state index contributed by atoms with van der Waals surface area (Å²) < 4.78 is 7.62. The first-order valence-corrected chi connectivity index (χ1v) is 5.94. The van der Waals surface area contributed by atoms with E-state index in [1.165, 1.54) is 0 Å². The van der Waals surface area contributed by atoms with Gasteiger partial charge >= 0.3 is 0 Å². The van der Waals surface area contributed by atoms with Crippen molar-refractivity contribution in [1.82, 2.24) is 9.55 Å². The number of aromatic nitrogens is 2. The lowest BCUT2D eigenvalue weighted by atomic mass is 10.1. The van der Waals surface area contributed by atoms with Crippen LogP contribution in [0.2, 0.25) is 0 Å². The molecule has 1 aromatic heterocycles. The number of ether oxygens (including phenoxy) is 1. The molecule has 0 saturated carbocycles. The minimum Gasteiger partial charge on any atom is -0.380 e. The molecular formula is C12H23N3O.